The Hall–Kier alpha value is -1.80. The van der Waals surface area contributed by atoms with Gasteiger partial charge < -0.3 is 9.47 Å². The standard InChI is InChI=1S/C18H20O2/c1-14-11-17(19-12-15-5-3-2-4-6-15)9-7-16(14)8-10-18-13-20-18/h2-7,9,11,18H,8,10,12-13H2,1H3. The van der Waals surface area contributed by atoms with E-state index in [4.69, 9.17) is 9.47 Å². The predicted molar refractivity (Wildman–Crippen MR) is 80.0 cm³/mol. The van der Waals surface area contributed by atoms with Crippen LogP contribution in [0.2, 0.25) is 0 Å². The van der Waals surface area contributed by atoms with E-state index < -0.39 is 0 Å². The van der Waals surface area contributed by atoms with Crippen LogP contribution in [0.25, 0.3) is 0 Å². The fourth-order valence-corrected chi connectivity index (χ4v) is 2.33. The van der Waals surface area contributed by atoms with Gasteiger partial charge in [0.25, 0.3) is 0 Å². The molecular formula is C18H20O2. The third-order valence-corrected chi connectivity index (χ3v) is 3.70. The molecule has 20 heavy (non-hydrogen) atoms. The zero-order valence-electron chi connectivity index (χ0n) is 11.8. The van der Waals surface area contributed by atoms with Crippen LogP contribution < -0.4 is 4.74 Å². The zero-order chi connectivity index (χ0) is 13.8. The van der Waals surface area contributed by atoms with Crippen molar-refractivity contribution in [3.63, 3.8) is 0 Å². The van der Waals surface area contributed by atoms with Crippen LogP contribution in [-0.4, -0.2) is 12.7 Å². The van der Waals surface area contributed by atoms with Gasteiger partial charge in [-0.2, -0.15) is 0 Å². The molecule has 1 saturated heterocycles. The van der Waals surface area contributed by atoms with Gasteiger partial charge in [-0.05, 0) is 48.6 Å². The molecular weight excluding hydrogens is 248 g/mol. The van der Waals surface area contributed by atoms with E-state index in [0.717, 1.165) is 25.2 Å². The number of epoxide rings is 1. The Labute approximate surface area is 120 Å². The highest BCUT2D eigenvalue weighted by molar-refractivity contribution is 5.35. The van der Waals surface area contributed by atoms with E-state index in [0.29, 0.717) is 12.7 Å². The number of rotatable bonds is 6. The fourth-order valence-electron chi connectivity index (χ4n) is 2.33. The molecule has 0 aromatic heterocycles. The Kier molecular flexibility index (Phi) is 4.03. The maximum Gasteiger partial charge on any atom is 0.120 e. The number of ether oxygens (including phenoxy) is 2. The second-order valence-electron chi connectivity index (χ2n) is 5.36. The molecule has 1 aliphatic rings. The third-order valence-electron chi connectivity index (χ3n) is 3.70. The van der Waals surface area contributed by atoms with E-state index in [9.17, 15) is 0 Å². The van der Waals surface area contributed by atoms with Gasteiger partial charge in [0.15, 0.2) is 0 Å². The van der Waals surface area contributed by atoms with Gasteiger partial charge in [0, 0.05) is 0 Å². The highest BCUT2D eigenvalue weighted by Gasteiger charge is 2.21. The zero-order valence-corrected chi connectivity index (χ0v) is 11.8. The van der Waals surface area contributed by atoms with Gasteiger partial charge in [-0.25, -0.2) is 0 Å². The first-order valence-electron chi connectivity index (χ1n) is 7.19. The predicted octanol–water partition coefficient (Wildman–Crippen LogP) is 3.91. The van der Waals surface area contributed by atoms with Crippen LogP contribution in [0.3, 0.4) is 0 Å². The molecule has 0 N–H and O–H groups in total. The van der Waals surface area contributed by atoms with Gasteiger partial charge in [-0.15, -0.1) is 0 Å². The van der Waals surface area contributed by atoms with Crippen molar-refractivity contribution in [2.75, 3.05) is 6.61 Å². The van der Waals surface area contributed by atoms with E-state index >= 15 is 0 Å². The third kappa shape index (κ3) is 3.61. The van der Waals surface area contributed by atoms with Crippen molar-refractivity contribution < 1.29 is 9.47 Å². The Bertz CT molecular complexity index is 559. The number of hydrogen-bond donors (Lipinski definition) is 0. The molecule has 0 spiro atoms. The Morgan fingerprint density at radius 2 is 1.95 bits per heavy atom. The molecule has 0 saturated carbocycles. The lowest BCUT2D eigenvalue weighted by Gasteiger charge is -2.10. The van der Waals surface area contributed by atoms with E-state index in [1.54, 1.807) is 0 Å². The first-order chi connectivity index (χ1) is 9.81. The van der Waals surface area contributed by atoms with Crippen molar-refractivity contribution in [1.82, 2.24) is 0 Å². The lowest BCUT2D eigenvalue weighted by molar-refractivity contribution is 0.306. The monoisotopic (exact) mass is 268 g/mol. The van der Waals surface area contributed by atoms with Crippen molar-refractivity contribution in [3.8, 4) is 5.75 Å². The summed E-state index contributed by atoms with van der Waals surface area (Å²) in [7, 11) is 0. The summed E-state index contributed by atoms with van der Waals surface area (Å²) < 4.78 is 11.1. The van der Waals surface area contributed by atoms with E-state index in [2.05, 4.69) is 37.3 Å². The van der Waals surface area contributed by atoms with E-state index in [1.165, 1.54) is 16.7 Å². The lowest BCUT2D eigenvalue weighted by Crippen LogP contribution is -1.98. The van der Waals surface area contributed by atoms with Crippen LogP contribution in [0.1, 0.15) is 23.1 Å². The summed E-state index contributed by atoms with van der Waals surface area (Å²) in [6.45, 7) is 3.71. The SMILES string of the molecule is Cc1cc(OCc2ccccc2)ccc1CCC1CO1. The minimum absolute atomic E-state index is 0.503. The van der Waals surface area contributed by atoms with Gasteiger partial charge >= 0.3 is 0 Å². The summed E-state index contributed by atoms with van der Waals surface area (Å²) in [4.78, 5) is 0. The van der Waals surface area contributed by atoms with Gasteiger partial charge in [-0.1, -0.05) is 36.4 Å². The Morgan fingerprint density at radius 3 is 2.65 bits per heavy atom. The maximum absolute atomic E-state index is 5.84. The van der Waals surface area contributed by atoms with Crippen molar-refractivity contribution in [2.24, 2.45) is 0 Å². The molecule has 2 heteroatoms. The van der Waals surface area contributed by atoms with Crippen LogP contribution >= 0.6 is 0 Å². The normalized spacial score (nSPS) is 16.9. The molecule has 1 atom stereocenters. The minimum Gasteiger partial charge on any atom is -0.489 e. The molecule has 0 bridgehead atoms. The van der Waals surface area contributed by atoms with Gasteiger partial charge in [-0.3, -0.25) is 0 Å². The average molecular weight is 268 g/mol. The molecule has 2 aromatic rings. The molecule has 1 aliphatic heterocycles. The highest BCUT2D eigenvalue weighted by atomic mass is 16.6. The van der Waals surface area contributed by atoms with Gasteiger partial charge in [0.05, 0.1) is 12.7 Å². The molecule has 0 aliphatic carbocycles. The summed E-state index contributed by atoms with van der Waals surface area (Å²) in [5.74, 6) is 0.942. The Balaban J connectivity index is 1.58. The van der Waals surface area contributed by atoms with Crippen molar-refractivity contribution in [2.45, 2.75) is 32.5 Å². The molecule has 1 fully saturated rings. The lowest BCUT2D eigenvalue weighted by atomic mass is 10.0. The number of benzene rings is 2. The fraction of sp³-hybridized carbons (Fsp3) is 0.333. The van der Waals surface area contributed by atoms with Crippen LogP contribution in [0.4, 0.5) is 0 Å². The summed E-state index contributed by atoms with van der Waals surface area (Å²) in [5, 5.41) is 0. The molecule has 0 amide bonds. The molecule has 3 rings (SSSR count). The summed E-state index contributed by atoms with van der Waals surface area (Å²) in [6, 6.07) is 16.6. The summed E-state index contributed by atoms with van der Waals surface area (Å²) in [6.07, 6.45) is 2.73. The molecule has 1 heterocycles. The first kappa shape index (κ1) is 13.2. The molecule has 104 valence electrons. The van der Waals surface area contributed by atoms with Crippen LogP contribution in [0.5, 0.6) is 5.75 Å². The topological polar surface area (TPSA) is 21.8 Å². The molecule has 0 radical (unpaired) electrons. The second kappa shape index (κ2) is 6.10. The quantitative estimate of drug-likeness (QED) is 0.741. The molecule has 2 aromatic carbocycles. The Morgan fingerprint density at radius 1 is 1.15 bits per heavy atom. The number of aryl methyl sites for hydroxylation is 2. The smallest absolute Gasteiger partial charge is 0.120 e. The molecule has 2 nitrogen and oxygen atoms in total. The second-order valence-corrected chi connectivity index (χ2v) is 5.36. The maximum atomic E-state index is 5.84. The van der Waals surface area contributed by atoms with Crippen LogP contribution in [-0.2, 0) is 17.8 Å². The van der Waals surface area contributed by atoms with Crippen molar-refractivity contribution in [3.05, 3.63) is 65.2 Å². The van der Waals surface area contributed by atoms with Crippen LogP contribution in [0.15, 0.2) is 48.5 Å². The van der Waals surface area contributed by atoms with Crippen molar-refractivity contribution in [1.29, 1.82) is 0 Å². The summed E-state index contributed by atoms with van der Waals surface area (Å²) >= 11 is 0. The van der Waals surface area contributed by atoms with Gasteiger partial charge in [0.1, 0.15) is 12.4 Å². The minimum atomic E-state index is 0.503. The van der Waals surface area contributed by atoms with Crippen molar-refractivity contribution >= 4 is 0 Å². The molecule has 1 unspecified atom stereocenters. The average Bonchev–Trinajstić information content (AvgIpc) is 3.29. The van der Waals surface area contributed by atoms with E-state index in [-0.39, 0.29) is 0 Å². The largest absolute Gasteiger partial charge is 0.489 e. The summed E-state index contributed by atoms with van der Waals surface area (Å²) in [5.41, 5.74) is 3.89. The number of hydrogen-bond acceptors (Lipinski definition) is 2. The highest BCUT2D eigenvalue weighted by Crippen LogP contribution is 2.22. The van der Waals surface area contributed by atoms with E-state index in [1.807, 2.05) is 18.2 Å². The van der Waals surface area contributed by atoms with Gasteiger partial charge in [0.2, 0.25) is 0 Å². The first-order valence-corrected chi connectivity index (χ1v) is 7.19. The van der Waals surface area contributed by atoms with Crippen LogP contribution in [0, 0.1) is 6.92 Å².